The van der Waals surface area contributed by atoms with Gasteiger partial charge in [0.2, 0.25) is 0 Å². The number of para-hydroxylation sites is 1. The third-order valence-corrected chi connectivity index (χ3v) is 4.88. The van der Waals surface area contributed by atoms with Gasteiger partial charge in [0.1, 0.15) is 5.82 Å². The van der Waals surface area contributed by atoms with E-state index in [-0.39, 0.29) is 23.8 Å². The fourth-order valence-electron chi connectivity index (χ4n) is 2.77. The number of carbonyl (C=O) groups is 1. The first kappa shape index (κ1) is 18.8. The predicted octanol–water partition coefficient (Wildman–Crippen LogP) is 1.74. The fourth-order valence-corrected chi connectivity index (χ4v) is 3.57. The van der Waals surface area contributed by atoms with Crippen molar-refractivity contribution in [1.29, 1.82) is 0 Å². The third-order valence-electron chi connectivity index (χ3n) is 4.03. The van der Waals surface area contributed by atoms with Crippen LogP contribution in [0.3, 0.4) is 0 Å². The van der Waals surface area contributed by atoms with E-state index >= 15 is 0 Å². The number of sulfone groups is 1. The molecule has 0 radical (unpaired) electrons. The Labute approximate surface area is 156 Å². The molecule has 0 aliphatic heterocycles. The molecule has 7 nitrogen and oxygen atoms in total. The zero-order valence-corrected chi connectivity index (χ0v) is 15.8. The van der Waals surface area contributed by atoms with Gasteiger partial charge >= 0.3 is 0 Å². The minimum Gasteiger partial charge on any atom is -0.334 e. The van der Waals surface area contributed by atoms with Crippen LogP contribution < -0.4 is 5.56 Å². The van der Waals surface area contributed by atoms with Gasteiger partial charge in [-0.25, -0.2) is 13.4 Å². The van der Waals surface area contributed by atoms with Gasteiger partial charge in [0.05, 0.1) is 23.2 Å². The molecule has 0 aliphatic rings. The van der Waals surface area contributed by atoms with Crippen LogP contribution in [0.2, 0.25) is 0 Å². The lowest BCUT2D eigenvalue weighted by Crippen LogP contribution is -2.28. The third kappa shape index (κ3) is 4.59. The molecule has 0 spiro atoms. The van der Waals surface area contributed by atoms with Crippen molar-refractivity contribution in [1.82, 2.24) is 14.9 Å². The minimum absolute atomic E-state index is 0.0699. The Morgan fingerprint density at radius 2 is 1.78 bits per heavy atom. The van der Waals surface area contributed by atoms with Crippen molar-refractivity contribution in [2.45, 2.75) is 12.3 Å². The molecule has 1 amide bonds. The number of carbonyl (C=O) groups excluding carboxylic acids is 1. The monoisotopic (exact) mass is 385 g/mol. The van der Waals surface area contributed by atoms with Crippen molar-refractivity contribution in [2.75, 3.05) is 13.3 Å². The van der Waals surface area contributed by atoms with E-state index in [1.807, 2.05) is 0 Å². The number of amides is 1. The largest absolute Gasteiger partial charge is 0.334 e. The second-order valence-electron chi connectivity index (χ2n) is 6.46. The first-order chi connectivity index (χ1) is 12.7. The number of benzene rings is 2. The molecule has 3 aromatic rings. The lowest BCUT2D eigenvalue weighted by molar-refractivity contribution is 0.0781. The van der Waals surface area contributed by atoms with E-state index in [4.69, 9.17) is 0 Å². The number of aromatic amines is 1. The summed E-state index contributed by atoms with van der Waals surface area (Å²) in [5, 5.41) is 0.497. The highest BCUT2D eigenvalue weighted by Gasteiger charge is 2.14. The average molecular weight is 385 g/mol. The highest BCUT2D eigenvalue weighted by atomic mass is 32.2. The summed E-state index contributed by atoms with van der Waals surface area (Å²) < 4.78 is 22.7. The predicted molar refractivity (Wildman–Crippen MR) is 103 cm³/mol. The molecule has 8 heteroatoms. The minimum atomic E-state index is -3.13. The van der Waals surface area contributed by atoms with Crippen LogP contribution in [0.15, 0.2) is 53.3 Å². The zero-order chi connectivity index (χ0) is 19.6. The maximum absolute atomic E-state index is 12.6. The zero-order valence-electron chi connectivity index (χ0n) is 15.0. The number of fused-ring (bicyclic) bond motifs is 1. The fraction of sp³-hybridized carbons (Fsp3) is 0.211. The van der Waals surface area contributed by atoms with Crippen LogP contribution in [0, 0.1) is 0 Å². The SMILES string of the molecule is CN(Cc1nc2ccccc2c(=O)[nH]1)C(=O)c1ccc(CS(C)(=O)=O)cc1. The van der Waals surface area contributed by atoms with E-state index in [2.05, 4.69) is 9.97 Å². The Morgan fingerprint density at radius 1 is 1.11 bits per heavy atom. The second-order valence-corrected chi connectivity index (χ2v) is 8.60. The molecule has 0 saturated heterocycles. The summed E-state index contributed by atoms with van der Waals surface area (Å²) in [5.74, 6) is 0.0690. The summed E-state index contributed by atoms with van der Waals surface area (Å²) in [4.78, 5) is 33.2. The molecule has 0 saturated carbocycles. The summed E-state index contributed by atoms with van der Waals surface area (Å²) in [5.41, 5.74) is 1.37. The van der Waals surface area contributed by atoms with Crippen molar-refractivity contribution in [3.63, 3.8) is 0 Å². The van der Waals surface area contributed by atoms with E-state index in [0.717, 1.165) is 6.26 Å². The van der Waals surface area contributed by atoms with E-state index < -0.39 is 9.84 Å². The number of nitrogens with one attached hydrogen (secondary N) is 1. The number of rotatable bonds is 5. The Balaban J connectivity index is 1.77. The summed E-state index contributed by atoms with van der Waals surface area (Å²) in [7, 11) is -1.51. The molecule has 2 aromatic carbocycles. The molecule has 1 N–H and O–H groups in total. The van der Waals surface area contributed by atoms with Crippen LogP contribution in [0.1, 0.15) is 21.7 Å². The van der Waals surface area contributed by atoms with Crippen LogP contribution in [-0.2, 0) is 22.1 Å². The van der Waals surface area contributed by atoms with Gasteiger partial charge in [-0.05, 0) is 29.8 Å². The van der Waals surface area contributed by atoms with Crippen LogP contribution in [0.4, 0.5) is 0 Å². The molecule has 140 valence electrons. The van der Waals surface area contributed by atoms with E-state index in [1.165, 1.54) is 4.90 Å². The number of aromatic nitrogens is 2. The topological polar surface area (TPSA) is 100 Å². The lowest BCUT2D eigenvalue weighted by atomic mass is 10.1. The van der Waals surface area contributed by atoms with E-state index in [0.29, 0.717) is 27.9 Å². The highest BCUT2D eigenvalue weighted by molar-refractivity contribution is 7.89. The molecule has 1 heterocycles. The molecule has 0 aliphatic carbocycles. The maximum Gasteiger partial charge on any atom is 0.258 e. The summed E-state index contributed by atoms with van der Waals surface area (Å²) in [6.07, 6.45) is 1.16. The van der Waals surface area contributed by atoms with Crippen LogP contribution in [-0.4, -0.2) is 42.5 Å². The van der Waals surface area contributed by atoms with Gasteiger partial charge in [-0.15, -0.1) is 0 Å². The molecule has 1 aromatic heterocycles. The van der Waals surface area contributed by atoms with Gasteiger partial charge in [0.25, 0.3) is 11.5 Å². The maximum atomic E-state index is 12.6. The molecular weight excluding hydrogens is 366 g/mol. The van der Waals surface area contributed by atoms with Crippen molar-refractivity contribution in [3.8, 4) is 0 Å². The van der Waals surface area contributed by atoms with Crippen molar-refractivity contribution in [3.05, 3.63) is 75.8 Å². The lowest BCUT2D eigenvalue weighted by Gasteiger charge is -2.17. The van der Waals surface area contributed by atoms with E-state index in [9.17, 15) is 18.0 Å². The van der Waals surface area contributed by atoms with Crippen LogP contribution in [0.5, 0.6) is 0 Å². The second kappa shape index (κ2) is 7.32. The molecule has 3 rings (SSSR count). The Bertz CT molecular complexity index is 1150. The molecule has 27 heavy (non-hydrogen) atoms. The van der Waals surface area contributed by atoms with Gasteiger partial charge in [-0.1, -0.05) is 24.3 Å². The average Bonchev–Trinajstić information content (AvgIpc) is 2.60. The normalized spacial score (nSPS) is 11.5. The summed E-state index contributed by atoms with van der Waals surface area (Å²) >= 11 is 0. The summed E-state index contributed by atoms with van der Waals surface area (Å²) in [6.45, 7) is 0.143. The van der Waals surface area contributed by atoms with Crippen LogP contribution in [0.25, 0.3) is 10.9 Å². The first-order valence-corrected chi connectivity index (χ1v) is 10.3. The van der Waals surface area contributed by atoms with Gasteiger partial charge < -0.3 is 9.88 Å². The van der Waals surface area contributed by atoms with Gasteiger partial charge in [0, 0.05) is 18.9 Å². The van der Waals surface area contributed by atoms with Crippen molar-refractivity contribution in [2.24, 2.45) is 0 Å². The van der Waals surface area contributed by atoms with Gasteiger partial charge in [-0.3, -0.25) is 9.59 Å². The number of H-pyrrole nitrogens is 1. The molecule has 0 fully saturated rings. The molecule has 0 bridgehead atoms. The molecular formula is C19H19N3O4S. The van der Waals surface area contributed by atoms with Gasteiger partial charge in [0.15, 0.2) is 9.84 Å². The molecule has 0 unspecified atom stereocenters. The Hall–Kier alpha value is -3.00. The first-order valence-electron chi connectivity index (χ1n) is 8.23. The quantitative estimate of drug-likeness (QED) is 0.721. The standard InChI is InChI=1S/C19H19N3O4S/c1-22(11-17-20-16-6-4-3-5-15(16)18(23)21-17)19(24)14-9-7-13(8-10-14)12-27(2,25)26/h3-10H,11-12H2,1-2H3,(H,20,21,23). The Kier molecular flexibility index (Phi) is 5.09. The molecule has 0 atom stereocenters. The summed E-state index contributed by atoms with van der Waals surface area (Å²) in [6, 6.07) is 13.4. The smallest absolute Gasteiger partial charge is 0.258 e. The van der Waals surface area contributed by atoms with E-state index in [1.54, 1.807) is 55.6 Å². The van der Waals surface area contributed by atoms with Crippen molar-refractivity contribution < 1.29 is 13.2 Å². The van der Waals surface area contributed by atoms with Crippen molar-refractivity contribution >= 4 is 26.6 Å². The Morgan fingerprint density at radius 3 is 2.44 bits per heavy atom. The van der Waals surface area contributed by atoms with Gasteiger partial charge in [-0.2, -0.15) is 0 Å². The number of nitrogens with zero attached hydrogens (tertiary/aromatic N) is 2. The highest BCUT2D eigenvalue weighted by Crippen LogP contribution is 2.11. The number of hydrogen-bond donors (Lipinski definition) is 1. The number of hydrogen-bond acceptors (Lipinski definition) is 5. The van der Waals surface area contributed by atoms with Crippen LogP contribution >= 0.6 is 0 Å².